The van der Waals surface area contributed by atoms with Gasteiger partial charge in [-0.1, -0.05) is 48.0 Å². The molecule has 2 aromatic carbocycles. The van der Waals surface area contributed by atoms with Crippen LogP contribution >= 0.6 is 11.6 Å². The predicted molar refractivity (Wildman–Crippen MR) is 89.9 cm³/mol. The molecule has 0 fully saturated rings. The van der Waals surface area contributed by atoms with Crippen molar-refractivity contribution in [2.45, 2.75) is 25.7 Å². The van der Waals surface area contributed by atoms with Crippen LogP contribution in [0.15, 0.2) is 48.5 Å². The summed E-state index contributed by atoms with van der Waals surface area (Å²) in [7, 11) is 0. The monoisotopic (exact) mass is 337 g/mol. The van der Waals surface area contributed by atoms with Gasteiger partial charge in [-0.05, 0) is 24.6 Å². The number of hydrogen-bond acceptors (Lipinski definition) is 3. The molecule has 0 saturated carbocycles. The highest BCUT2D eigenvalue weighted by atomic mass is 35.5. The van der Waals surface area contributed by atoms with Gasteiger partial charge >= 0.3 is 0 Å². The molecule has 0 spiro atoms. The Kier molecular flexibility index (Phi) is 6.99. The molecule has 2 atom stereocenters. The van der Waals surface area contributed by atoms with E-state index in [0.717, 1.165) is 5.56 Å². The van der Waals surface area contributed by atoms with Gasteiger partial charge in [0.2, 0.25) is 0 Å². The molecule has 0 aliphatic carbocycles. The van der Waals surface area contributed by atoms with Crippen LogP contribution in [0.1, 0.15) is 24.1 Å². The number of hydrogen-bond donors (Lipinski definition) is 2. The average Bonchev–Trinajstić information content (AvgIpc) is 2.55. The SMILES string of the molecule is CC(NCC(O)COCc1ccccc1F)c1ccccc1Cl. The van der Waals surface area contributed by atoms with E-state index in [0.29, 0.717) is 17.1 Å². The number of rotatable bonds is 8. The fraction of sp³-hybridized carbons (Fsp3) is 0.333. The van der Waals surface area contributed by atoms with Crippen LogP contribution in [0.3, 0.4) is 0 Å². The van der Waals surface area contributed by atoms with Gasteiger partial charge in [0.1, 0.15) is 5.82 Å². The fourth-order valence-electron chi connectivity index (χ4n) is 2.23. The van der Waals surface area contributed by atoms with Gasteiger partial charge in [-0.3, -0.25) is 0 Å². The third-order valence-corrected chi connectivity index (χ3v) is 3.90. The van der Waals surface area contributed by atoms with Gasteiger partial charge < -0.3 is 15.2 Å². The molecule has 5 heteroatoms. The zero-order valence-corrected chi connectivity index (χ0v) is 13.8. The van der Waals surface area contributed by atoms with Gasteiger partial charge in [0.25, 0.3) is 0 Å². The first-order valence-electron chi connectivity index (χ1n) is 7.55. The summed E-state index contributed by atoms with van der Waals surface area (Å²) in [6.07, 6.45) is -0.674. The Morgan fingerprint density at radius 3 is 2.61 bits per heavy atom. The molecule has 0 bridgehead atoms. The summed E-state index contributed by atoms with van der Waals surface area (Å²) in [6.45, 7) is 2.62. The van der Waals surface area contributed by atoms with Crippen molar-refractivity contribution in [3.63, 3.8) is 0 Å². The van der Waals surface area contributed by atoms with Crippen molar-refractivity contribution < 1.29 is 14.2 Å². The van der Waals surface area contributed by atoms with E-state index in [4.69, 9.17) is 16.3 Å². The van der Waals surface area contributed by atoms with Crippen molar-refractivity contribution in [3.05, 3.63) is 70.5 Å². The predicted octanol–water partition coefficient (Wildman–Crippen LogP) is 3.71. The topological polar surface area (TPSA) is 41.5 Å². The lowest BCUT2D eigenvalue weighted by molar-refractivity contribution is 0.0268. The van der Waals surface area contributed by atoms with Crippen LogP contribution in [0.25, 0.3) is 0 Å². The minimum atomic E-state index is -0.674. The maximum absolute atomic E-state index is 13.4. The van der Waals surface area contributed by atoms with Crippen molar-refractivity contribution >= 4 is 11.6 Å². The molecule has 0 amide bonds. The molecule has 0 aliphatic rings. The zero-order valence-electron chi connectivity index (χ0n) is 13.0. The first kappa shape index (κ1) is 17.9. The Balaban J connectivity index is 1.72. The summed E-state index contributed by atoms with van der Waals surface area (Å²) in [4.78, 5) is 0. The lowest BCUT2D eigenvalue weighted by Gasteiger charge is -2.18. The first-order chi connectivity index (χ1) is 11.1. The molecule has 0 aromatic heterocycles. The van der Waals surface area contributed by atoms with Gasteiger partial charge in [-0.2, -0.15) is 0 Å². The van der Waals surface area contributed by atoms with E-state index in [-0.39, 0.29) is 25.1 Å². The van der Waals surface area contributed by atoms with E-state index in [1.54, 1.807) is 18.2 Å². The number of ether oxygens (including phenoxy) is 1. The summed E-state index contributed by atoms with van der Waals surface area (Å²) in [5, 5.41) is 13.9. The van der Waals surface area contributed by atoms with Crippen molar-refractivity contribution in [2.75, 3.05) is 13.2 Å². The minimum absolute atomic E-state index is 0.0184. The molecule has 124 valence electrons. The Bertz CT molecular complexity index is 623. The Labute approximate surface area is 141 Å². The second-order valence-corrected chi connectivity index (χ2v) is 5.82. The second-order valence-electron chi connectivity index (χ2n) is 5.41. The number of halogens is 2. The molecule has 2 rings (SSSR count). The van der Waals surface area contributed by atoms with E-state index < -0.39 is 6.10 Å². The summed E-state index contributed by atoms with van der Waals surface area (Å²) in [6, 6.07) is 14.0. The summed E-state index contributed by atoms with van der Waals surface area (Å²) in [5.74, 6) is -0.299. The summed E-state index contributed by atoms with van der Waals surface area (Å²) in [5.41, 5.74) is 1.46. The molecule has 0 radical (unpaired) electrons. The standard InChI is InChI=1S/C18H21ClFNO2/c1-13(16-7-3-4-8-17(16)19)21-10-15(22)12-23-11-14-6-2-5-9-18(14)20/h2-9,13,15,21-22H,10-12H2,1H3. The highest BCUT2D eigenvalue weighted by molar-refractivity contribution is 6.31. The van der Waals surface area contributed by atoms with Crippen LogP contribution in [0.2, 0.25) is 5.02 Å². The van der Waals surface area contributed by atoms with Crippen LogP contribution in [0.4, 0.5) is 4.39 Å². The van der Waals surface area contributed by atoms with E-state index in [9.17, 15) is 9.50 Å². The maximum atomic E-state index is 13.4. The largest absolute Gasteiger partial charge is 0.389 e. The molecule has 2 N–H and O–H groups in total. The highest BCUT2D eigenvalue weighted by Gasteiger charge is 2.11. The van der Waals surface area contributed by atoms with Crippen molar-refractivity contribution in [1.82, 2.24) is 5.32 Å². The molecule has 3 nitrogen and oxygen atoms in total. The third kappa shape index (κ3) is 5.59. The molecule has 0 aliphatic heterocycles. The quantitative estimate of drug-likeness (QED) is 0.771. The molecular formula is C18H21ClFNO2. The Morgan fingerprint density at radius 1 is 1.17 bits per heavy atom. The molecule has 0 saturated heterocycles. The number of aliphatic hydroxyl groups is 1. The normalized spacial score (nSPS) is 13.7. The highest BCUT2D eigenvalue weighted by Crippen LogP contribution is 2.21. The van der Waals surface area contributed by atoms with Crippen LogP contribution in [-0.2, 0) is 11.3 Å². The van der Waals surface area contributed by atoms with Crippen molar-refractivity contribution in [2.24, 2.45) is 0 Å². The summed E-state index contributed by atoms with van der Waals surface area (Å²) < 4.78 is 18.8. The van der Waals surface area contributed by atoms with Gasteiger partial charge in [0, 0.05) is 23.2 Å². The average molecular weight is 338 g/mol. The Hall–Kier alpha value is -1.46. The van der Waals surface area contributed by atoms with Gasteiger partial charge in [-0.25, -0.2) is 4.39 Å². The molecule has 2 aromatic rings. The van der Waals surface area contributed by atoms with Crippen molar-refractivity contribution in [1.29, 1.82) is 0 Å². The molecule has 0 heterocycles. The van der Waals surface area contributed by atoms with Crippen LogP contribution in [0.5, 0.6) is 0 Å². The fourth-order valence-corrected chi connectivity index (χ4v) is 2.53. The summed E-state index contributed by atoms with van der Waals surface area (Å²) >= 11 is 6.14. The number of aliphatic hydroxyl groups excluding tert-OH is 1. The minimum Gasteiger partial charge on any atom is -0.389 e. The lowest BCUT2D eigenvalue weighted by Crippen LogP contribution is -2.32. The molecular weight excluding hydrogens is 317 g/mol. The van der Waals surface area contributed by atoms with Crippen LogP contribution in [-0.4, -0.2) is 24.4 Å². The number of nitrogens with one attached hydrogen (secondary N) is 1. The smallest absolute Gasteiger partial charge is 0.128 e. The van der Waals surface area contributed by atoms with E-state index in [1.807, 2.05) is 31.2 Å². The maximum Gasteiger partial charge on any atom is 0.128 e. The molecule has 2 unspecified atom stereocenters. The number of benzene rings is 2. The lowest BCUT2D eigenvalue weighted by atomic mass is 10.1. The van der Waals surface area contributed by atoms with E-state index in [2.05, 4.69) is 5.32 Å². The Morgan fingerprint density at radius 2 is 1.87 bits per heavy atom. The third-order valence-electron chi connectivity index (χ3n) is 3.56. The van der Waals surface area contributed by atoms with Gasteiger partial charge in [-0.15, -0.1) is 0 Å². The van der Waals surface area contributed by atoms with Gasteiger partial charge in [0.05, 0.1) is 19.3 Å². The van der Waals surface area contributed by atoms with Crippen molar-refractivity contribution in [3.8, 4) is 0 Å². The van der Waals surface area contributed by atoms with Crippen LogP contribution < -0.4 is 5.32 Å². The van der Waals surface area contributed by atoms with E-state index in [1.165, 1.54) is 6.07 Å². The van der Waals surface area contributed by atoms with Gasteiger partial charge in [0.15, 0.2) is 0 Å². The van der Waals surface area contributed by atoms with Crippen LogP contribution in [0, 0.1) is 5.82 Å². The molecule has 23 heavy (non-hydrogen) atoms. The van der Waals surface area contributed by atoms with E-state index >= 15 is 0 Å². The first-order valence-corrected chi connectivity index (χ1v) is 7.92. The second kappa shape index (κ2) is 8.99. The zero-order chi connectivity index (χ0) is 16.7.